The fourth-order valence-electron chi connectivity index (χ4n) is 4.01. The predicted molar refractivity (Wildman–Crippen MR) is 106 cm³/mol. The molecule has 5 nitrogen and oxygen atoms in total. The van der Waals surface area contributed by atoms with E-state index in [1.165, 1.54) is 17.4 Å². The Morgan fingerprint density at radius 3 is 2.89 bits per heavy atom. The molecule has 1 aromatic heterocycles. The Bertz CT molecular complexity index is 783. The van der Waals surface area contributed by atoms with Crippen LogP contribution < -0.4 is 5.32 Å². The van der Waals surface area contributed by atoms with Gasteiger partial charge in [0.1, 0.15) is 0 Å². The molecular formula is C22H30N2O3. The van der Waals surface area contributed by atoms with Gasteiger partial charge in [0.05, 0.1) is 0 Å². The lowest BCUT2D eigenvalue weighted by Gasteiger charge is -2.34. The minimum atomic E-state index is -0.310. The number of ether oxygens (including phenoxy) is 1. The normalized spacial score (nSPS) is 22.5. The van der Waals surface area contributed by atoms with E-state index in [1.807, 2.05) is 24.4 Å². The van der Waals surface area contributed by atoms with E-state index < -0.39 is 0 Å². The number of hydrogen-bond donors (Lipinski definition) is 2. The molecule has 1 fully saturated rings. The molecule has 1 aliphatic carbocycles. The zero-order valence-electron chi connectivity index (χ0n) is 16.3. The maximum atomic E-state index is 12.1. The van der Waals surface area contributed by atoms with Crippen molar-refractivity contribution in [2.75, 3.05) is 6.61 Å². The van der Waals surface area contributed by atoms with Crippen molar-refractivity contribution in [1.82, 2.24) is 10.3 Å². The largest absolute Gasteiger partial charge is 0.456 e. The number of aromatic amines is 1. The van der Waals surface area contributed by atoms with Crippen LogP contribution >= 0.6 is 0 Å². The van der Waals surface area contributed by atoms with Crippen LogP contribution in [0.25, 0.3) is 10.9 Å². The molecular weight excluding hydrogens is 340 g/mol. The van der Waals surface area contributed by atoms with Crippen molar-refractivity contribution >= 4 is 22.8 Å². The van der Waals surface area contributed by atoms with Crippen LogP contribution in [0.5, 0.6) is 0 Å². The van der Waals surface area contributed by atoms with Crippen LogP contribution in [0.15, 0.2) is 30.5 Å². The number of fused-ring (bicyclic) bond motifs is 1. The monoisotopic (exact) mass is 370 g/mol. The molecule has 27 heavy (non-hydrogen) atoms. The summed E-state index contributed by atoms with van der Waals surface area (Å²) in [5.41, 5.74) is 2.31. The number of esters is 1. The summed E-state index contributed by atoms with van der Waals surface area (Å²) in [6.07, 6.45) is 7.21. The molecule has 0 spiro atoms. The summed E-state index contributed by atoms with van der Waals surface area (Å²) in [4.78, 5) is 27.3. The zero-order chi connectivity index (χ0) is 19.2. The smallest absolute Gasteiger partial charge is 0.306 e. The lowest BCUT2D eigenvalue weighted by atomic mass is 9.78. The number of benzene rings is 1. The average Bonchev–Trinajstić information content (AvgIpc) is 3.07. The van der Waals surface area contributed by atoms with Gasteiger partial charge in [-0.25, -0.2) is 0 Å². The van der Waals surface area contributed by atoms with E-state index in [-0.39, 0.29) is 24.5 Å². The molecule has 2 N–H and O–H groups in total. The quantitative estimate of drug-likeness (QED) is 0.724. The highest BCUT2D eigenvalue weighted by atomic mass is 16.5. The molecule has 3 atom stereocenters. The van der Waals surface area contributed by atoms with E-state index in [0.717, 1.165) is 24.8 Å². The number of carbonyl (C=O) groups is 2. The number of H-pyrrole nitrogens is 1. The Hall–Kier alpha value is -2.30. The first kappa shape index (κ1) is 19.5. The van der Waals surface area contributed by atoms with Crippen molar-refractivity contribution < 1.29 is 14.3 Å². The van der Waals surface area contributed by atoms with Gasteiger partial charge in [0.2, 0.25) is 0 Å². The maximum Gasteiger partial charge on any atom is 0.306 e. The highest BCUT2D eigenvalue weighted by molar-refractivity contribution is 5.83. The Labute approximate surface area is 160 Å². The highest BCUT2D eigenvalue weighted by Gasteiger charge is 2.28. The van der Waals surface area contributed by atoms with Crippen molar-refractivity contribution in [2.45, 2.75) is 58.4 Å². The van der Waals surface area contributed by atoms with Crippen LogP contribution in [0.2, 0.25) is 0 Å². The molecule has 0 unspecified atom stereocenters. The first-order valence-corrected chi connectivity index (χ1v) is 10.0. The van der Waals surface area contributed by atoms with Gasteiger partial charge in [-0.1, -0.05) is 44.9 Å². The molecule has 0 bridgehead atoms. The molecule has 2 aromatic rings. The molecule has 1 aliphatic rings. The number of nitrogens with one attached hydrogen (secondary N) is 2. The van der Waals surface area contributed by atoms with E-state index in [0.29, 0.717) is 24.7 Å². The molecule has 1 saturated carbocycles. The molecule has 146 valence electrons. The minimum absolute atomic E-state index is 0.177. The summed E-state index contributed by atoms with van der Waals surface area (Å²) in [6.45, 7) is 4.24. The Balaban J connectivity index is 1.36. The maximum absolute atomic E-state index is 12.1. The van der Waals surface area contributed by atoms with Crippen molar-refractivity contribution in [3.63, 3.8) is 0 Å². The van der Waals surface area contributed by atoms with Gasteiger partial charge in [-0.15, -0.1) is 0 Å². The van der Waals surface area contributed by atoms with Gasteiger partial charge in [-0.3, -0.25) is 9.59 Å². The fourth-order valence-corrected chi connectivity index (χ4v) is 4.01. The van der Waals surface area contributed by atoms with Gasteiger partial charge >= 0.3 is 5.97 Å². The molecule has 1 heterocycles. The van der Waals surface area contributed by atoms with Crippen LogP contribution in [0, 0.1) is 11.8 Å². The summed E-state index contributed by atoms with van der Waals surface area (Å²) < 4.78 is 5.16. The van der Waals surface area contributed by atoms with Crippen LogP contribution in [-0.2, 0) is 20.7 Å². The number of aromatic nitrogens is 1. The van der Waals surface area contributed by atoms with Crippen molar-refractivity contribution in [3.05, 3.63) is 36.0 Å². The SMILES string of the molecule is C[C@@H]1[C@H](C)CCC[C@H]1NC(=O)COC(=O)CCCc1c[nH]c2ccccc12. The molecule has 1 amide bonds. The predicted octanol–water partition coefficient (Wildman–Crippen LogP) is 3.97. The van der Waals surface area contributed by atoms with Crippen molar-refractivity contribution in [2.24, 2.45) is 11.8 Å². The Kier molecular flexibility index (Phi) is 6.54. The van der Waals surface area contributed by atoms with Gasteiger partial charge in [-0.2, -0.15) is 0 Å². The third-order valence-electron chi connectivity index (χ3n) is 5.92. The van der Waals surface area contributed by atoms with E-state index in [9.17, 15) is 9.59 Å². The number of rotatable bonds is 7. The third-order valence-corrected chi connectivity index (χ3v) is 5.92. The second kappa shape index (κ2) is 9.07. The van der Waals surface area contributed by atoms with Crippen molar-refractivity contribution in [3.8, 4) is 0 Å². The number of carbonyl (C=O) groups excluding carboxylic acids is 2. The molecule has 0 radical (unpaired) electrons. The van der Waals surface area contributed by atoms with Crippen molar-refractivity contribution in [1.29, 1.82) is 0 Å². The molecule has 3 rings (SSSR count). The second-order valence-corrected chi connectivity index (χ2v) is 7.82. The van der Waals surface area contributed by atoms with Gasteiger partial charge < -0.3 is 15.0 Å². The number of hydrogen-bond acceptors (Lipinski definition) is 3. The highest BCUT2D eigenvalue weighted by Crippen LogP contribution is 2.29. The van der Waals surface area contributed by atoms with Crippen LogP contribution in [0.1, 0.15) is 51.5 Å². The number of para-hydroxylation sites is 1. The topological polar surface area (TPSA) is 71.2 Å². The van der Waals surface area contributed by atoms with Gasteiger partial charge in [0.15, 0.2) is 6.61 Å². The first-order valence-electron chi connectivity index (χ1n) is 10.0. The van der Waals surface area contributed by atoms with E-state index >= 15 is 0 Å². The molecule has 0 saturated heterocycles. The average molecular weight is 370 g/mol. The van der Waals surface area contributed by atoms with E-state index in [1.54, 1.807) is 0 Å². The molecule has 5 heteroatoms. The second-order valence-electron chi connectivity index (χ2n) is 7.82. The first-order chi connectivity index (χ1) is 13.0. The summed E-state index contributed by atoms with van der Waals surface area (Å²) in [6, 6.07) is 8.33. The number of aryl methyl sites for hydroxylation is 1. The van der Waals surface area contributed by atoms with Crippen LogP contribution in [0.4, 0.5) is 0 Å². The minimum Gasteiger partial charge on any atom is -0.456 e. The fraction of sp³-hybridized carbons (Fsp3) is 0.545. The Morgan fingerprint density at radius 2 is 2.04 bits per heavy atom. The lowest BCUT2D eigenvalue weighted by Crippen LogP contribution is -2.45. The van der Waals surface area contributed by atoms with Gasteiger partial charge in [0.25, 0.3) is 5.91 Å². The standard InChI is InChI=1S/C22H30N2O3/c1-15-7-5-11-19(16(15)2)24-21(25)14-27-22(26)12-6-8-17-13-23-20-10-4-3-9-18(17)20/h3-4,9-10,13,15-16,19,23H,5-8,11-12,14H2,1-2H3,(H,24,25)/t15-,16-,19-/m1/s1. The summed E-state index contributed by atoms with van der Waals surface area (Å²) in [5.74, 6) is 0.590. The van der Waals surface area contributed by atoms with Crippen LogP contribution in [0.3, 0.4) is 0 Å². The zero-order valence-corrected chi connectivity index (χ0v) is 16.3. The van der Waals surface area contributed by atoms with Gasteiger partial charge in [0, 0.05) is 29.6 Å². The third kappa shape index (κ3) is 5.12. The summed E-state index contributed by atoms with van der Waals surface area (Å²) in [5, 5.41) is 4.23. The summed E-state index contributed by atoms with van der Waals surface area (Å²) in [7, 11) is 0. The Morgan fingerprint density at radius 1 is 1.22 bits per heavy atom. The lowest BCUT2D eigenvalue weighted by molar-refractivity contribution is -0.149. The molecule has 0 aliphatic heterocycles. The molecule has 1 aromatic carbocycles. The van der Waals surface area contributed by atoms with E-state index in [2.05, 4.69) is 30.2 Å². The summed E-state index contributed by atoms with van der Waals surface area (Å²) >= 11 is 0. The van der Waals surface area contributed by atoms with Gasteiger partial charge in [-0.05, 0) is 42.7 Å². The van der Waals surface area contributed by atoms with Crippen LogP contribution in [-0.4, -0.2) is 29.5 Å². The van der Waals surface area contributed by atoms with E-state index in [4.69, 9.17) is 4.74 Å². The number of amides is 1.